The summed E-state index contributed by atoms with van der Waals surface area (Å²) < 4.78 is 1.16. The maximum absolute atomic E-state index is 12.5. The van der Waals surface area contributed by atoms with Crippen LogP contribution in [-0.2, 0) is 12.8 Å². The Balaban J connectivity index is 1.90. The summed E-state index contributed by atoms with van der Waals surface area (Å²) in [7, 11) is 0. The highest BCUT2D eigenvalue weighted by Crippen LogP contribution is 2.30. The first kappa shape index (κ1) is 13.3. The van der Waals surface area contributed by atoms with E-state index in [-0.39, 0.29) is 5.78 Å². The molecule has 0 N–H and O–H groups in total. The lowest BCUT2D eigenvalue weighted by Gasteiger charge is -1.98. The van der Waals surface area contributed by atoms with Crippen molar-refractivity contribution in [3.8, 4) is 0 Å². The van der Waals surface area contributed by atoms with Gasteiger partial charge in [-0.15, -0.1) is 11.3 Å². The van der Waals surface area contributed by atoms with E-state index in [0.29, 0.717) is 0 Å². The molecule has 0 saturated heterocycles. The second kappa shape index (κ2) is 5.75. The molecular formula is C16H15IOS. The van der Waals surface area contributed by atoms with E-state index in [1.807, 2.05) is 24.3 Å². The van der Waals surface area contributed by atoms with Gasteiger partial charge in [0, 0.05) is 14.0 Å². The summed E-state index contributed by atoms with van der Waals surface area (Å²) in [5, 5.41) is 0. The number of rotatable bonds is 2. The van der Waals surface area contributed by atoms with Gasteiger partial charge in [-0.1, -0.05) is 6.42 Å². The SMILES string of the molecule is O=C(c1ccc(I)cc1)c1cc2c(s1)CCCCC2. The highest BCUT2D eigenvalue weighted by molar-refractivity contribution is 14.1. The van der Waals surface area contributed by atoms with E-state index in [2.05, 4.69) is 28.7 Å². The van der Waals surface area contributed by atoms with Crippen LogP contribution in [-0.4, -0.2) is 5.78 Å². The van der Waals surface area contributed by atoms with Crippen molar-refractivity contribution in [2.75, 3.05) is 0 Å². The number of ketones is 1. The maximum atomic E-state index is 12.5. The first-order chi connectivity index (χ1) is 9.24. The fourth-order valence-electron chi connectivity index (χ4n) is 2.52. The Kier molecular flexibility index (Phi) is 4.03. The van der Waals surface area contributed by atoms with Gasteiger partial charge in [0.15, 0.2) is 0 Å². The minimum absolute atomic E-state index is 0.175. The lowest BCUT2D eigenvalue weighted by atomic mass is 10.1. The minimum Gasteiger partial charge on any atom is -0.288 e. The van der Waals surface area contributed by atoms with Gasteiger partial charge in [-0.25, -0.2) is 0 Å². The van der Waals surface area contributed by atoms with Crippen LogP contribution in [0.25, 0.3) is 0 Å². The second-order valence-electron chi connectivity index (χ2n) is 4.96. The summed E-state index contributed by atoms with van der Waals surface area (Å²) in [5.41, 5.74) is 2.22. The summed E-state index contributed by atoms with van der Waals surface area (Å²) in [4.78, 5) is 14.8. The fourth-order valence-corrected chi connectivity index (χ4v) is 4.10. The zero-order chi connectivity index (χ0) is 13.2. The lowest BCUT2D eigenvalue weighted by Crippen LogP contribution is -1.98. The van der Waals surface area contributed by atoms with Crippen LogP contribution >= 0.6 is 33.9 Å². The Hall–Kier alpha value is -0.680. The van der Waals surface area contributed by atoms with Gasteiger partial charge in [0.1, 0.15) is 0 Å². The summed E-state index contributed by atoms with van der Waals surface area (Å²) in [6.07, 6.45) is 6.15. The van der Waals surface area contributed by atoms with Crippen molar-refractivity contribution in [2.24, 2.45) is 0 Å². The van der Waals surface area contributed by atoms with Crippen molar-refractivity contribution < 1.29 is 4.79 Å². The molecule has 1 aliphatic rings. The average molecular weight is 382 g/mol. The number of hydrogen-bond acceptors (Lipinski definition) is 2. The molecule has 1 heterocycles. The molecule has 2 aromatic rings. The standard InChI is InChI=1S/C16H15IOS/c17-13-8-6-11(7-9-13)16(18)15-10-12-4-2-1-3-5-14(12)19-15/h6-10H,1-5H2. The molecule has 1 aromatic carbocycles. The molecule has 3 rings (SSSR count). The first-order valence-corrected chi connectivity index (χ1v) is 8.55. The summed E-state index contributed by atoms with van der Waals surface area (Å²) in [5.74, 6) is 0.175. The molecule has 3 heteroatoms. The van der Waals surface area contributed by atoms with Crippen LogP contribution in [0.15, 0.2) is 30.3 Å². The van der Waals surface area contributed by atoms with Crippen LogP contribution in [0.3, 0.4) is 0 Å². The average Bonchev–Trinajstić information content (AvgIpc) is 2.70. The Labute approximate surface area is 131 Å². The van der Waals surface area contributed by atoms with Gasteiger partial charge in [-0.05, 0) is 84.2 Å². The summed E-state index contributed by atoms with van der Waals surface area (Å²) in [6, 6.07) is 9.97. The molecule has 0 bridgehead atoms. The van der Waals surface area contributed by atoms with E-state index < -0.39 is 0 Å². The van der Waals surface area contributed by atoms with E-state index in [0.717, 1.165) is 26.9 Å². The van der Waals surface area contributed by atoms with Gasteiger partial charge in [0.05, 0.1) is 4.88 Å². The van der Waals surface area contributed by atoms with Gasteiger partial charge >= 0.3 is 0 Å². The first-order valence-electron chi connectivity index (χ1n) is 6.66. The highest BCUT2D eigenvalue weighted by atomic mass is 127. The van der Waals surface area contributed by atoms with Crippen molar-refractivity contribution in [1.82, 2.24) is 0 Å². The molecule has 0 aliphatic heterocycles. The Morgan fingerprint density at radius 1 is 1.05 bits per heavy atom. The van der Waals surface area contributed by atoms with Crippen LogP contribution in [0.4, 0.5) is 0 Å². The third kappa shape index (κ3) is 2.92. The lowest BCUT2D eigenvalue weighted by molar-refractivity contribution is 0.104. The zero-order valence-corrected chi connectivity index (χ0v) is 13.6. The number of benzene rings is 1. The van der Waals surface area contributed by atoms with E-state index in [1.165, 1.54) is 29.7 Å². The predicted octanol–water partition coefficient (Wildman–Crippen LogP) is 4.85. The third-order valence-corrected chi connectivity index (χ3v) is 5.53. The number of carbonyl (C=O) groups excluding carboxylic acids is 1. The van der Waals surface area contributed by atoms with Crippen molar-refractivity contribution in [2.45, 2.75) is 32.1 Å². The van der Waals surface area contributed by atoms with E-state index in [9.17, 15) is 4.79 Å². The molecule has 0 unspecified atom stereocenters. The Morgan fingerprint density at radius 2 is 1.79 bits per heavy atom. The molecule has 1 aliphatic carbocycles. The molecule has 1 aromatic heterocycles. The van der Waals surface area contributed by atoms with Crippen LogP contribution in [0, 0.1) is 3.57 Å². The van der Waals surface area contributed by atoms with Gasteiger partial charge in [0.2, 0.25) is 5.78 Å². The topological polar surface area (TPSA) is 17.1 Å². The fraction of sp³-hybridized carbons (Fsp3) is 0.312. The molecule has 0 spiro atoms. The maximum Gasteiger partial charge on any atom is 0.202 e. The normalized spacial score (nSPS) is 14.8. The molecule has 19 heavy (non-hydrogen) atoms. The molecule has 0 amide bonds. The van der Waals surface area contributed by atoms with Gasteiger partial charge in [-0.3, -0.25) is 4.79 Å². The monoisotopic (exact) mass is 382 g/mol. The molecule has 1 nitrogen and oxygen atoms in total. The van der Waals surface area contributed by atoms with Crippen molar-refractivity contribution in [1.29, 1.82) is 0 Å². The second-order valence-corrected chi connectivity index (χ2v) is 7.34. The Bertz CT molecular complexity index is 574. The van der Waals surface area contributed by atoms with Gasteiger partial charge in [-0.2, -0.15) is 0 Å². The molecule has 0 saturated carbocycles. The number of thiophene rings is 1. The number of halogens is 1. The highest BCUT2D eigenvalue weighted by Gasteiger charge is 2.17. The van der Waals surface area contributed by atoms with Crippen LogP contribution in [0.2, 0.25) is 0 Å². The molecular weight excluding hydrogens is 367 g/mol. The predicted molar refractivity (Wildman–Crippen MR) is 88.2 cm³/mol. The molecule has 0 fully saturated rings. The largest absolute Gasteiger partial charge is 0.288 e. The number of fused-ring (bicyclic) bond motifs is 1. The van der Waals surface area contributed by atoms with Gasteiger partial charge in [0.25, 0.3) is 0 Å². The molecule has 98 valence electrons. The van der Waals surface area contributed by atoms with Crippen molar-refractivity contribution >= 4 is 39.7 Å². The van der Waals surface area contributed by atoms with Crippen molar-refractivity contribution in [3.63, 3.8) is 0 Å². The summed E-state index contributed by atoms with van der Waals surface area (Å²) >= 11 is 3.96. The number of aryl methyl sites for hydroxylation is 2. The van der Waals surface area contributed by atoms with Crippen molar-refractivity contribution in [3.05, 3.63) is 54.8 Å². The van der Waals surface area contributed by atoms with E-state index in [1.54, 1.807) is 11.3 Å². The van der Waals surface area contributed by atoms with E-state index in [4.69, 9.17) is 0 Å². The molecule has 0 atom stereocenters. The van der Waals surface area contributed by atoms with Crippen LogP contribution in [0.1, 0.15) is 44.9 Å². The van der Waals surface area contributed by atoms with Gasteiger partial charge < -0.3 is 0 Å². The Morgan fingerprint density at radius 3 is 2.58 bits per heavy atom. The van der Waals surface area contributed by atoms with E-state index >= 15 is 0 Å². The van der Waals surface area contributed by atoms with Crippen LogP contribution in [0.5, 0.6) is 0 Å². The molecule has 0 radical (unpaired) electrons. The smallest absolute Gasteiger partial charge is 0.202 e. The minimum atomic E-state index is 0.175. The zero-order valence-electron chi connectivity index (χ0n) is 10.6. The summed E-state index contributed by atoms with van der Waals surface area (Å²) in [6.45, 7) is 0. The van der Waals surface area contributed by atoms with Crippen LogP contribution < -0.4 is 0 Å². The number of carbonyl (C=O) groups is 1. The number of hydrogen-bond donors (Lipinski definition) is 0. The third-order valence-electron chi connectivity index (χ3n) is 3.58. The quantitative estimate of drug-likeness (QED) is 0.412.